The highest BCUT2D eigenvalue weighted by Gasteiger charge is 2.19. The predicted octanol–water partition coefficient (Wildman–Crippen LogP) is 2.62. The monoisotopic (exact) mass is 291 g/mol. The van der Waals surface area contributed by atoms with Crippen LogP contribution in [0.4, 0.5) is 0 Å². The lowest BCUT2D eigenvalue weighted by molar-refractivity contribution is 0.0759. The molecule has 0 N–H and O–H groups in total. The second kappa shape index (κ2) is 8.04. The molecule has 0 aliphatic heterocycles. The Hall–Kier alpha value is -2.24. The summed E-state index contributed by atoms with van der Waals surface area (Å²) in [6.45, 7) is 0.541. The second-order valence-corrected chi connectivity index (χ2v) is 4.39. The molecule has 0 saturated carbocycles. The number of ether oxygens (including phenoxy) is 1. The number of nitrogens with zero attached hydrogens (tertiary/aromatic N) is 3. The van der Waals surface area contributed by atoms with Crippen LogP contribution in [0.15, 0.2) is 18.2 Å². The average Bonchev–Trinajstić information content (AvgIpc) is 2.46. The maximum Gasteiger partial charge on any atom is 0.257 e. The third kappa shape index (κ3) is 4.15. The minimum absolute atomic E-state index is 0.208. The predicted molar refractivity (Wildman–Crippen MR) is 74.4 cm³/mol. The number of amides is 1. The van der Waals surface area contributed by atoms with Gasteiger partial charge in [0.25, 0.3) is 5.91 Å². The van der Waals surface area contributed by atoms with E-state index in [1.54, 1.807) is 12.1 Å². The van der Waals surface area contributed by atoms with E-state index in [0.29, 0.717) is 16.3 Å². The topological polar surface area (TPSA) is 77.1 Å². The van der Waals surface area contributed by atoms with Crippen molar-refractivity contribution in [3.05, 3.63) is 28.8 Å². The standard InChI is InChI=1S/C14H14ClN3O2/c1-20-13-5-4-11(15)10-12(13)14(19)18(8-2-6-16)9-3-7-17/h4-5,10H,2-3,8-9H2,1H3. The average molecular weight is 292 g/mol. The lowest BCUT2D eigenvalue weighted by atomic mass is 10.1. The van der Waals surface area contributed by atoms with E-state index in [0.717, 1.165) is 0 Å². The zero-order valence-electron chi connectivity index (χ0n) is 11.1. The fraction of sp³-hybridized carbons (Fsp3) is 0.357. The summed E-state index contributed by atoms with van der Waals surface area (Å²) >= 11 is 5.90. The van der Waals surface area contributed by atoms with E-state index in [-0.39, 0.29) is 31.8 Å². The summed E-state index contributed by atoms with van der Waals surface area (Å²) < 4.78 is 5.14. The number of carbonyl (C=O) groups excluding carboxylic acids is 1. The van der Waals surface area contributed by atoms with Gasteiger partial charge >= 0.3 is 0 Å². The Bertz CT molecular complexity index is 543. The summed E-state index contributed by atoms with van der Waals surface area (Å²) in [5.74, 6) is 0.119. The molecular formula is C14H14ClN3O2. The molecule has 0 aromatic heterocycles. The van der Waals surface area contributed by atoms with E-state index in [1.807, 2.05) is 12.1 Å². The van der Waals surface area contributed by atoms with Gasteiger partial charge in [-0.15, -0.1) is 0 Å². The molecule has 0 aliphatic carbocycles. The number of hydrogen-bond donors (Lipinski definition) is 0. The Morgan fingerprint density at radius 2 is 1.90 bits per heavy atom. The highest BCUT2D eigenvalue weighted by atomic mass is 35.5. The molecule has 5 nitrogen and oxygen atoms in total. The number of rotatable bonds is 6. The molecule has 0 spiro atoms. The van der Waals surface area contributed by atoms with Crippen molar-refractivity contribution in [2.24, 2.45) is 0 Å². The first-order valence-electron chi connectivity index (χ1n) is 6.00. The van der Waals surface area contributed by atoms with Crippen LogP contribution in [0.25, 0.3) is 0 Å². The molecule has 1 aromatic carbocycles. The summed E-state index contributed by atoms with van der Waals surface area (Å²) in [7, 11) is 1.47. The Morgan fingerprint density at radius 1 is 1.30 bits per heavy atom. The molecule has 0 unspecified atom stereocenters. The highest BCUT2D eigenvalue weighted by Crippen LogP contribution is 2.24. The van der Waals surface area contributed by atoms with Gasteiger partial charge in [0.15, 0.2) is 0 Å². The quantitative estimate of drug-likeness (QED) is 0.807. The van der Waals surface area contributed by atoms with Crippen molar-refractivity contribution in [3.63, 3.8) is 0 Å². The van der Waals surface area contributed by atoms with Gasteiger partial charge in [-0.3, -0.25) is 4.79 Å². The van der Waals surface area contributed by atoms with Crippen molar-refractivity contribution >= 4 is 17.5 Å². The van der Waals surface area contributed by atoms with Gasteiger partial charge in [-0.05, 0) is 18.2 Å². The zero-order valence-corrected chi connectivity index (χ0v) is 11.9. The first kappa shape index (κ1) is 15.8. The normalized spacial score (nSPS) is 9.40. The third-order valence-electron chi connectivity index (χ3n) is 2.67. The van der Waals surface area contributed by atoms with E-state index >= 15 is 0 Å². The van der Waals surface area contributed by atoms with Crippen LogP contribution in [-0.2, 0) is 0 Å². The van der Waals surface area contributed by atoms with E-state index in [4.69, 9.17) is 26.9 Å². The van der Waals surface area contributed by atoms with Crippen LogP contribution >= 0.6 is 11.6 Å². The Kier molecular flexibility index (Phi) is 6.36. The first-order chi connectivity index (χ1) is 9.63. The van der Waals surface area contributed by atoms with E-state index in [9.17, 15) is 4.79 Å². The van der Waals surface area contributed by atoms with Crippen LogP contribution < -0.4 is 4.74 Å². The molecule has 0 fully saturated rings. The largest absolute Gasteiger partial charge is 0.496 e. The molecule has 20 heavy (non-hydrogen) atoms. The maximum absolute atomic E-state index is 12.5. The Labute approximate surface area is 122 Å². The SMILES string of the molecule is COc1ccc(Cl)cc1C(=O)N(CCC#N)CCC#N. The summed E-state index contributed by atoms with van der Waals surface area (Å²) in [6, 6.07) is 8.74. The number of benzene rings is 1. The fourth-order valence-corrected chi connectivity index (χ4v) is 1.87. The molecule has 0 bridgehead atoms. The van der Waals surface area contributed by atoms with Gasteiger partial charge in [0, 0.05) is 18.1 Å². The molecule has 0 radical (unpaired) electrons. The van der Waals surface area contributed by atoms with Gasteiger partial charge in [0.05, 0.1) is 37.7 Å². The Balaban J connectivity index is 3.01. The molecule has 6 heteroatoms. The minimum Gasteiger partial charge on any atom is -0.496 e. The lowest BCUT2D eigenvalue weighted by Gasteiger charge is -2.21. The summed E-state index contributed by atoms with van der Waals surface area (Å²) in [5, 5.41) is 17.7. The van der Waals surface area contributed by atoms with Gasteiger partial charge in [-0.2, -0.15) is 10.5 Å². The van der Waals surface area contributed by atoms with Crippen molar-refractivity contribution < 1.29 is 9.53 Å². The van der Waals surface area contributed by atoms with E-state index < -0.39 is 0 Å². The summed E-state index contributed by atoms with van der Waals surface area (Å²) in [6.07, 6.45) is 0.417. The molecule has 0 aliphatic rings. The second-order valence-electron chi connectivity index (χ2n) is 3.95. The molecule has 1 aromatic rings. The third-order valence-corrected chi connectivity index (χ3v) is 2.90. The smallest absolute Gasteiger partial charge is 0.257 e. The van der Waals surface area contributed by atoms with Crippen molar-refractivity contribution in [2.45, 2.75) is 12.8 Å². The molecule has 104 valence electrons. The number of hydrogen-bond acceptors (Lipinski definition) is 4. The van der Waals surface area contributed by atoms with Gasteiger partial charge < -0.3 is 9.64 Å². The van der Waals surface area contributed by atoms with Gasteiger partial charge in [0.2, 0.25) is 0 Å². The van der Waals surface area contributed by atoms with Crippen molar-refractivity contribution in [1.29, 1.82) is 10.5 Å². The van der Waals surface area contributed by atoms with Crippen LogP contribution in [0.1, 0.15) is 23.2 Å². The number of carbonyl (C=O) groups is 1. The van der Waals surface area contributed by atoms with E-state index in [1.165, 1.54) is 18.1 Å². The summed E-state index contributed by atoms with van der Waals surface area (Å²) in [5.41, 5.74) is 0.330. The van der Waals surface area contributed by atoms with Gasteiger partial charge in [-0.1, -0.05) is 11.6 Å². The minimum atomic E-state index is -0.296. The molecule has 0 atom stereocenters. The molecule has 1 rings (SSSR count). The zero-order chi connectivity index (χ0) is 15.0. The number of halogens is 1. The number of methoxy groups -OCH3 is 1. The van der Waals surface area contributed by atoms with Crippen molar-refractivity contribution in [3.8, 4) is 17.9 Å². The first-order valence-corrected chi connectivity index (χ1v) is 6.38. The maximum atomic E-state index is 12.5. The van der Waals surface area contributed by atoms with Crippen molar-refractivity contribution in [1.82, 2.24) is 4.90 Å². The highest BCUT2D eigenvalue weighted by molar-refractivity contribution is 6.31. The van der Waals surface area contributed by atoms with Crippen LogP contribution in [0, 0.1) is 22.7 Å². The van der Waals surface area contributed by atoms with Crippen LogP contribution in [0.3, 0.4) is 0 Å². The van der Waals surface area contributed by atoms with Crippen LogP contribution in [0.2, 0.25) is 5.02 Å². The Morgan fingerprint density at radius 3 is 2.40 bits per heavy atom. The van der Waals surface area contributed by atoms with Crippen molar-refractivity contribution in [2.75, 3.05) is 20.2 Å². The molecule has 1 amide bonds. The van der Waals surface area contributed by atoms with Crippen LogP contribution in [0.5, 0.6) is 5.75 Å². The lowest BCUT2D eigenvalue weighted by Crippen LogP contribution is -2.33. The fourth-order valence-electron chi connectivity index (χ4n) is 1.70. The van der Waals surface area contributed by atoms with Gasteiger partial charge in [-0.25, -0.2) is 0 Å². The molecular weight excluding hydrogens is 278 g/mol. The van der Waals surface area contributed by atoms with Gasteiger partial charge in [0.1, 0.15) is 5.75 Å². The van der Waals surface area contributed by atoms with Crippen LogP contribution in [-0.4, -0.2) is 31.0 Å². The van der Waals surface area contributed by atoms with E-state index in [2.05, 4.69) is 0 Å². The molecule has 0 heterocycles. The summed E-state index contributed by atoms with van der Waals surface area (Å²) in [4.78, 5) is 13.9. The number of nitriles is 2. The molecule has 0 saturated heterocycles.